The monoisotopic (exact) mass is 252 g/mol. The van der Waals surface area contributed by atoms with E-state index in [1.54, 1.807) is 12.1 Å². The summed E-state index contributed by atoms with van der Waals surface area (Å²) >= 11 is 3.40. The second-order valence-corrected chi connectivity index (χ2v) is 4.43. The number of hydrogen-bond acceptors (Lipinski definition) is 2. The molecule has 0 aliphatic heterocycles. The maximum atomic E-state index is 9.36. The van der Waals surface area contributed by atoms with E-state index >= 15 is 0 Å². The van der Waals surface area contributed by atoms with Gasteiger partial charge in [-0.2, -0.15) is 0 Å². The van der Waals surface area contributed by atoms with Gasteiger partial charge in [0.1, 0.15) is 16.2 Å². The maximum Gasteiger partial charge on any atom is 0.132 e. The molecule has 2 aromatic rings. The van der Waals surface area contributed by atoms with E-state index in [0.29, 0.717) is 5.92 Å². The van der Waals surface area contributed by atoms with Gasteiger partial charge in [-0.15, -0.1) is 0 Å². The van der Waals surface area contributed by atoms with E-state index in [-0.39, 0.29) is 5.75 Å². The summed E-state index contributed by atoms with van der Waals surface area (Å²) in [5.41, 5.74) is 0.937. The number of nitrogens with zero attached hydrogens (tertiary/aromatic N) is 2. The molecule has 1 N–H and O–H groups in total. The summed E-state index contributed by atoms with van der Waals surface area (Å²) in [6.45, 7) is 0. The fourth-order valence-corrected chi connectivity index (χ4v) is 2.18. The van der Waals surface area contributed by atoms with Crippen LogP contribution in [0.3, 0.4) is 0 Å². The lowest BCUT2D eigenvalue weighted by molar-refractivity contribution is 0.475. The van der Waals surface area contributed by atoms with Crippen molar-refractivity contribution >= 4 is 21.4 Å². The molecule has 0 unspecified atom stereocenters. The van der Waals surface area contributed by atoms with Crippen LogP contribution in [0.1, 0.15) is 24.6 Å². The number of aromatic nitrogens is 2. The largest absolute Gasteiger partial charge is 0.508 e. The molecule has 0 radical (unpaired) electrons. The highest BCUT2D eigenvalue weighted by Crippen LogP contribution is 2.40. The lowest BCUT2D eigenvalue weighted by Crippen LogP contribution is -1.90. The summed E-state index contributed by atoms with van der Waals surface area (Å²) in [6, 6.07) is 3.41. The Morgan fingerprint density at radius 1 is 1.50 bits per heavy atom. The Bertz CT molecular complexity index is 502. The Labute approximate surface area is 89.5 Å². The Morgan fingerprint density at radius 3 is 3.00 bits per heavy atom. The van der Waals surface area contributed by atoms with Crippen LogP contribution in [0.25, 0.3) is 5.52 Å². The molecule has 1 fully saturated rings. The standard InChI is InChI=1S/C10H9BrN2O/c11-9-8-5-7(14)3-4-13(8)10(12-9)6-1-2-6/h3-6,14H,1-2H2. The molecule has 1 aliphatic carbocycles. The molecule has 0 atom stereocenters. The highest BCUT2D eigenvalue weighted by molar-refractivity contribution is 9.10. The van der Waals surface area contributed by atoms with Crippen LogP contribution in [0.2, 0.25) is 0 Å². The first-order chi connectivity index (χ1) is 6.75. The van der Waals surface area contributed by atoms with Crippen molar-refractivity contribution in [1.82, 2.24) is 9.38 Å². The van der Waals surface area contributed by atoms with Gasteiger partial charge >= 0.3 is 0 Å². The Hall–Kier alpha value is -1.03. The highest BCUT2D eigenvalue weighted by atomic mass is 79.9. The van der Waals surface area contributed by atoms with Crippen LogP contribution in [0.15, 0.2) is 22.9 Å². The average Bonchev–Trinajstić information content (AvgIpc) is 2.94. The highest BCUT2D eigenvalue weighted by Gasteiger charge is 2.28. The molecular formula is C10H9BrN2O. The number of pyridine rings is 1. The third-order valence-corrected chi connectivity index (χ3v) is 3.14. The molecule has 0 amide bonds. The number of fused-ring (bicyclic) bond motifs is 1. The van der Waals surface area contributed by atoms with Crippen LogP contribution >= 0.6 is 15.9 Å². The van der Waals surface area contributed by atoms with E-state index in [1.165, 1.54) is 12.8 Å². The first-order valence-corrected chi connectivity index (χ1v) is 5.41. The molecule has 4 heteroatoms. The number of rotatable bonds is 1. The minimum absolute atomic E-state index is 0.278. The van der Waals surface area contributed by atoms with Crippen molar-refractivity contribution in [3.8, 4) is 5.75 Å². The van der Waals surface area contributed by atoms with Crippen molar-refractivity contribution in [2.75, 3.05) is 0 Å². The Kier molecular flexibility index (Phi) is 1.62. The molecule has 0 aromatic carbocycles. The van der Waals surface area contributed by atoms with E-state index in [9.17, 15) is 5.11 Å². The number of halogens is 1. The van der Waals surface area contributed by atoms with Crippen LogP contribution in [0, 0.1) is 0 Å². The van der Waals surface area contributed by atoms with Crippen LogP contribution in [0.4, 0.5) is 0 Å². The summed E-state index contributed by atoms with van der Waals surface area (Å²) in [5.74, 6) is 1.99. The molecular weight excluding hydrogens is 244 g/mol. The normalized spacial score (nSPS) is 16.4. The molecule has 3 nitrogen and oxygen atoms in total. The van der Waals surface area contributed by atoms with Gasteiger partial charge in [-0.05, 0) is 34.8 Å². The van der Waals surface area contributed by atoms with Gasteiger partial charge in [0.15, 0.2) is 0 Å². The molecule has 72 valence electrons. The molecule has 0 saturated heterocycles. The fourth-order valence-electron chi connectivity index (χ4n) is 1.69. The smallest absolute Gasteiger partial charge is 0.132 e. The molecule has 2 aromatic heterocycles. The van der Waals surface area contributed by atoms with Gasteiger partial charge in [0.2, 0.25) is 0 Å². The summed E-state index contributed by atoms with van der Waals surface area (Å²) < 4.78 is 2.86. The molecule has 0 bridgehead atoms. The van der Waals surface area contributed by atoms with E-state index in [4.69, 9.17) is 0 Å². The zero-order chi connectivity index (χ0) is 9.71. The Balaban J connectivity index is 2.32. The molecule has 14 heavy (non-hydrogen) atoms. The third kappa shape index (κ3) is 1.14. The van der Waals surface area contributed by atoms with E-state index in [0.717, 1.165) is 15.9 Å². The molecule has 2 heterocycles. The van der Waals surface area contributed by atoms with Crippen LogP contribution in [-0.2, 0) is 0 Å². The van der Waals surface area contributed by atoms with E-state index in [1.807, 2.05) is 10.6 Å². The quantitative estimate of drug-likeness (QED) is 0.848. The zero-order valence-electron chi connectivity index (χ0n) is 7.44. The van der Waals surface area contributed by atoms with Crippen molar-refractivity contribution in [3.05, 3.63) is 28.8 Å². The van der Waals surface area contributed by atoms with E-state index in [2.05, 4.69) is 20.9 Å². The van der Waals surface area contributed by atoms with Crippen LogP contribution in [-0.4, -0.2) is 14.5 Å². The number of aromatic hydroxyl groups is 1. The van der Waals surface area contributed by atoms with Gasteiger partial charge in [0.25, 0.3) is 0 Å². The van der Waals surface area contributed by atoms with Gasteiger partial charge in [-0.25, -0.2) is 4.98 Å². The zero-order valence-corrected chi connectivity index (χ0v) is 9.03. The number of hydrogen-bond donors (Lipinski definition) is 1. The van der Waals surface area contributed by atoms with E-state index < -0.39 is 0 Å². The van der Waals surface area contributed by atoms with Gasteiger partial charge in [0, 0.05) is 18.2 Å². The molecule has 3 rings (SSSR count). The third-order valence-electron chi connectivity index (χ3n) is 2.55. The lowest BCUT2D eigenvalue weighted by Gasteiger charge is -1.98. The summed E-state index contributed by atoms with van der Waals surface area (Å²) in [5, 5.41) is 9.36. The van der Waals surface area contributed by atoms with Crippen LogP contribution in [0.5, 0.6) is 5.75 Å². The minimum Gasteiger partial charge on any atom is -0.508 e. The first kappa shape index (κ1) is 8.29. The van der Waals surface area contributed by atoms with Crippen molar-refractivity contribution in [2.24, 2.45) is 0 Å². The second-order valence-electron chi connectivity index (χ2n) is 3.68. The minimum atomic E-state index is 0.278. The van der Waals surface area contributed by atoms with Crippen LogP contribution < -0.4 is 0 Å². The molecule has 1 aliphatic rings. The maximum absolute atomic E-state index is 9.36. The summed E-state index contributed by atoms with van der Waals surface area (Å²) in [7, 11) is 0. The Morgan fingerprint density at radius 2 is 2.29 bits per heavy atom. The van der Waals surface area contributed by atoms with Gasteiger partial charge in [0.05, 0.1) is 5.52 Å². The molecule has 0 spiro atoms. The second kappa shape index (κ2) is 2.73. The predicted octanol–water partition coefficient (Wildman–Crippen LogP) is 2.68. The SMILES string of the molecule is Oc1ccn2c(C3CC3)nc(Br)c2c1. The van der Waals surface area contributed by atoms with Gasteiger partial charge in [-0.1, -0.05) is 0 Å². The topological polar surface area (TPSA) is 37.5 Å². The van der Waals surface area contributed by atoms with Crippen molar-refractivity contribution < 1.29 is 5.11 Å². The predicted molar refractivity (Wildman–Crippen MR) is 56.5 cm³/mol. The van der Waals surface area contributed by atoms with Gasteiger partial charge in [-0.3, -0.25) is 0 Å². The average molecular weight is 253 g/mol. The number of imidazole rings is 1. The van der Waals surface area contributed by atoms with Crippen molar-refractivity contribution in [1.29, 1.82) is 0 Å². The molecule has 1 saturated carbocycles. The van der Waals surface area contributed by atoms with Gasteiger partial charge < -0.3 is 9.51 Å². The fraction of sp³-hybridized carbons (Fsp3) is 0.300. The lowest BCUT2D eigenvalue weighted by atomic mass is 10.3. The summed E-state index contributed by atoms with van der Waals surface area (Å²) in [6.07, 6.45) is 4.33. The first-order valence-electron chi connectivity index (χ1n) is 4.62. The van der Waals surface area contributed by atoms with Crippen molar-refractivity contribution in [3.63, 3.8) is 0 Å². The van der Waals surface area contributed by atoms with Crippen molar-refractivity contribution in [2.45, 2.75) is 18.8 Å². The summed E-state index contributed by atoms with van der Waals surface area (Å²) in [4.78, 5) is 4.46.